The van der Waals surface area contributed by atoms with Crippen LogP contribution in [0.25, 0.3) is 0 Å². The Morgan fingerprint density at radius 2 is 1.96 bits per heavy atom. The number of rotatable bonds is 6. The summed E-state index contributed by atoms with van der Waals surface area (Å²) in [5, 5.41) is 11.6. The summed E-state index contributed by atoms with van der Waals surface area (Å²) >= 11 is 0. The van der Waals surface area contributed by atoms with Crippen LogP contribution in [0.1, 0.15) is 48.6 Å². The number of fused-ring (bicyclic) bond motifs is 1. The van der Waals surface area contributed by atoms with Gasteiger partial charge in [-0.05, 0) is 39.2 Å². The van der Waals surface area contributed by atoms with Crippen LogP contribution < -0.4 is 10.6 Å². The number of benzene rings is 1. The van der Waals surface area contributed by atoms with Gasteiger partial charge < -0.3 is 10.6 Å². The van der Waals surface area contributed by atoms with Gasteiger partial charge in [-0.3, -0.25) is 4.99 Å². The summed E-state index contributed by atoms with van der Waals surface area (Å²) in [7, 11) is 0. The summed E-state index contributed by atoms with van der Waals surface area (Å²) in [6, 6.07) is 7.05. The number of nitrogens with zero attached hydrogens (tertiary/aromatic N) is 4. The summed E-state index contributed by atoms with van der Waals surface area (Å²) in [6.45, 7) is 11.0. The van der Waals surface area contributed by atoms with Crippen LogP contribution >= 0.6 is 24.0 Å². The van der Waals surface area contributed by atoms with E-state index in [0.717, 1.165) is 62.9 Å². The largest absolute Gasteiger partial charge is 0.357 e. The van der Waals surface area contributed by atoms with Crippen LogP contribution in [0.3, 0.4) is 0 Å². The molecule has 7 heteroatoms. The molecule has 0 radical (unpaired) electrons. The Hall–Kier alpha value is -1.64. The molecule has 6 nitrogen and oxygen atoms in total. The predicted octanol–water partition coefficient (Wildman–Crippen LogP) is 3.19. The van der Waals surface area contributed by atoms with Gasteiger partial charge in [-0.25, -0.2) is 9.67 Å². The van der Waals surface area contributed by atoms with Gasteiger partial charge in [0, 0.05) is 32.0 Å². The van der Waals surface area contributed by atoms with Crippen LogP contribution in [-0.4, -0.2) is 39.9 Å². The zero-order chi connectivity index (χ0) is 19.2. The number of guanidine groups is 1. The van der Waals surface area contributed by atoms with Crippen molar-refractivity contribution in [2.24, 2.45) is 4.99 Å². The van der Waals surface area contributed by atoms with E-state index in [2.05, 4.69) is 71.3 Å². The Morgan fingerprint density at radius 1 is 1.21 bits per heavy atom. The first-order valence-corrected chi connectivity index (χ1v) is 10.1. The number of hydrogen-bond acceptors (Lipinski definition) is 3. The highest BCUT2D eigenvalue weighted by Crippen LogP contribution is 2.13. The zero-order valence-corrected chi connectivity index (χ0v) is 19.8. The summed E-state index contributed by atoms with van der Waals surface area (Å²) in [5.41, 5.74) is 3.98. The lowest BCUT2D eigenvalue weighted by Gasteiger charge is -2.25. The molecular formula is C21H33IN6. The molecule has 1 unspecified atom stereocenters. The number of aliphatic imine (C=N–C) groups is 1. The van der Waals surface area contributed by atoms with Gasteiger partial charge in [-0.2, -0.15) is 5.10 Å². The molecule has 0 amide bonds. The molecule has 1 atom stereocenters. The third-order valence-electron chi connectivity index (χ3n) is 4.86. The Bertz CT molecular complexity index is 778. The Labute approximate surface area is 185 Å². The maximum absolute atomic E-state index is 4.79. The van der Waals surface area contributed by atoms with Gasteiger partial charge >= 0.3 is 0 Å². The van der Waals surface area contributed by atoms with Crippen molar-refractivity contribution in [3.8, 4) is 0 Å². The average molecular weight is 496 g/mol. The fraction of sp³-hybridized carbons (Fsp3) is 0.571. The van der Waals surface area contributed by atoms with Crippen LogP contribution in [0.5, 0.6) is 0 Å². The maximum atomic E-state index is 4.79. The van der Waals surface area contributed by atoms with Crippen molar-refractivity contribution in [1.82, 2.24) is 25.4 Å². The molecule has 1 aliphatic heterocycles. The van der Waals surface area contributed by atoms with E-state index in [9.17, 15) is 0 Å². The number of halogens is 1. The minimum atomic E-state index is 0. The summed E-state index contributed by atoms with van der Waals surface area (Å²) in [5.74, 6) is 2.95. The van der Waals surface area contributed by atoms with E-state index in [1.54, 1.807) is 0 Å². The number of hydrogen-bond donors (Lipinski definition) is 2. The van der Waals surface area contributed by atoms with Gasteiger partial charge in [0.25, 0.3) is 0 Å². The van der Waals surface area contributed by atoms with E-state index in [4.69, 9.17) is 4.99 Å². The first-order valence-electron chi connectivity index (χ1n) is 10.1. The Morgan fingerprint density at radius 3 is 2.64 bits per heavy atom. The lowest BCUT2D eigenvalue weighted by atomic mass is 10.1. The standard InChI is InChI=1S/C21H32N6.HI/c1-5-19-25-20-8-7-18(14-27(20)26-19)24-21(22-6-2)23-10-9-17-12-15(3)11-16(4)13-17;/h11-13,18H,5-10,14H2,1-4H3,(H2,22,23,24);1H. The highest BCUT2D eigenvalue weighted by Gasteiger charge is 2.22. The van der Waals surface area contributed by atoms with E-state index >= 15 is 0 Å². The molecule has 1 aliphatic rings. The van der Waals surface area contributed by atoms with Crippen LogP contribution in [0.4, 0.5) is 0 Å². The molecule has 0 bridgehead atoms. The van der Waals surface area contributed by atoms with Crippen molar-refractivity contribution in [2.45, 2.75) is 66.0 Å². The van der Waals surface area contributed by atoms with Crippen LogP contribution in [-0.2, 0) is 25.8 Å². The highest BCUT2D eigenvalue weighted by atomic mass is 127. The van der Waals surface area contributed by atoms with Crippen LogP contribution in [0.2, 0.25) is 0 Å². The molecule has 2 N–H and O–H groups in total. The van der Waals surface area contributed by atoms with Crippen molar-refractivity contribution >= 4 is 29.9 Å². The second-order valence-electron chi connectivity index (χ2n) is 7.37. The molecule has 1 aromatic heterocycles. The lowest BCUT2D eigenvalue weighted by molar-refractivity contribution is 0.392. The second kappa shape index (κ2) is 10.8. The minimum absolute atomic E-state index is 0. The Balaban J connectivity index is 0.00000280. The lowest BCUT2D eigenvalue weighted by Crippen LogP contribution is -2.47. The van der Waals surface area contributed by atoms with E-state index in [0.29, 0.717) is 6.04 Å². The SMILES string of the molecule is CCNC(=NCCc1cc(C)cc(C)c1)NC1CCc2nc(CC)nn2C1.I. The molecule has 2 heterocycles. The monoisotopic (exact) mass is 496 g/mol. The van der Waals surface area contributed by atoms with Crippen molar-refractivity contribution in [1.29, 1.82) is 0 Å². The molecule has 0 spiro atoms. The fourth-order valence-corrected chi connectivity index (χ4v) is 3.65. The molecule has 2 aromatic rings. The average Bonchev–Trinajstić information content (AvgIpc) is 3.03. The first-order chi connectivity index (χ1) is 13.1. The third-order valence-corrected chi connectivity index (χ3v) is 4.86. The van der Waals surface area contributed by atoms with Gasteiger partial charge in [-0.1, -0.05) is 36.2 Å². The quantitative estimate of drug-likeness (QED) is 0.366. The topological polar surface area (TPSA) is 67.1 Å². The fourth-order valence-electron chi connectivity index (χ4n) is 3.65. The van der Waals surface area contributed by atoms with Gasteiger partial charge in [0.2, 0.25) is 0 Å². The molecule has 154 valence electrons. The van der Waals surface area contributed by atoms with Crippen molar-refractivity contribution < 1.29 is 0 Å². The molecule has 3 rings (SSSR count). The normalized spacial score (nSPS) is 16.3. The highest BCUT2D eigenvalue weighted by molar-refractivity contribution is 14.0. The molecule has 28 heavy (non-hydrogen) atoms. The third kappa shape index (κ3) is 6.18. The van der Waals surface area contributed by atoms with Gasteiger partial charge in [0.15, 0.2) is 11.8 Å². The number of aryl methyl sites for hydroxylation is 4. The Kier molecular flexibility index (Phi) is 8.72. The van der Waals surface area contributed by atoms with Crippen molar-refractivity contribution in [2.75, 3.05) is 13.1 Å². The van der Waals surface area contributed by atoms with Crippen molar-refractivity contribution in [3.05, 3.63) is 46.5 Å². The van der Waals surface area contributed by atoms with Crippen molar-refractivity contribution in [3.63, 3.8) is 0 Å². The smallest absolute Gasteiger partial charge is 0.191 e. The van der Waals surface area contributed by atoms with Gasteiger partial charge in [-0.15, -0.1) is 24.0 Å². The van der Waals surface area contributed by atoms with Gasteiger partial charge in [0.05, 0.1) is 6.54 Å². The molecule has 0 saturated heterocycles. The van der Waals surface area contributed by atoms with E-state index in [1.807, 2.05) is 0 Å². The molecular weight excluding hydrogens is 463 g/mol. The summed E-state index contributed by atoms with van der Waals surface area (Å²) < 4.78 is 2.05. The van der Waals surface area contributed by atoms with E-state index < -0.39 is 0 Å². The summed E-state index contributed by atoms with van der Waals surface area (Å²) in [4.78, 5) is 9.38. The van der Waals surface area contributed by atoms with Crippen LogP contribution in [0, 0.1) is 13.8 Å². The molecule has 0 aliphatic carbocycles. The van der Waals surface area contributed by atoms with E-state index in [-0.39, 0.29) is 24.0 Å². The second-order valence-corrected chi connectivity index (χ2v) is 7.37. The zero-order valence-electron chi connectivity index (χ0n) is 17.5. The number of aromatic nitrogens is 3. The van der Waals surface area contributed by atoms with Crippen LogP contribution in [0.15, 0.2) is 23.2 Å². The van der Waals surface area contributed by atoms with E-state index in [1.165, 1.54) is 16.7 Å². The molecule has 0 fully saturated rings. The maximum Gasteiger partial charge on any atom is 0.191 e. The summed E-state index contributed by atoms with van der Waals surface area (Å²) in [6.07, 6.45) is 3.87. The minimum Gasteiger partial charge on any atom is -0.357 e. The molecule has 1 aromatic carbocycles. The first kappa shape index (κ1) is 22.6. The van der Waals surface area contributed by atoms with Gasteiger partial charge in [0.1, 0.15) is 5.82 Å². The molecule has 0 saturated carbocycles. The number of nitrogens with one attached hydrogen (secondary N) is 2. The predicted molar refractivity (Wildman–Crippen MR) is 126 cm³/mol.